The first-order chi connectivity index (χ1) is 11.7. The van der Waals surface area contributed by atoms with Gasteiger partial charge in [-0.1, -0.05) is 30.0 Å². The van der Waals surface area contributed by atoms with E-state index in [0.717, 1.165) is 42.0 Å². The van der Waals surface area contributed by atoms with Gasteiger partial charge in [0.15, 0.2) is 0 Å². The van der Waals surface area contributed by atoms with E-state index in [0.29, 0.717) is 0 Å². The lowest BCUT2D eigenvalue weighted by molar-refractivity contribution is 0.410. The Balaban J connectivity index is 1.65. The molecular formula is C21H21NOS. The SMILES string of the molecule is CC1=CCC=C(C=CC2=C3Oc4cc(N)ccc4C=C3CCC2)S1. The fourth-order valence-electron chi connectivity index (χ4n) is 3.28. The maximum absolute atomic E-state index is 6.23. The third-order valence-corrected chi connectivity index (χ3v) is 5.53. The van der Waals surface area contributed by atoms with Crippen LogP contribution in [0.5, 0.6) is 5.75 Å². The van der Waals surface area contributed by atoms with Crippen LogP contribution in [-0.4, -0.2) is 0 Å². The van der Waals surface area contributed by atoms with Gasteiger partial charge >= 0.3 is 0 Å². The minimum absolute atomic E-state index is 0.741. The second kappa shape index (κ2) is 6.40. The fraction of sp³-hybridized carbons (Fsp3) is 0.238. The predicted molar refractivity (Wildman–Crippen MR) is 104 cm³/mol. The number of nitrogen functional groups attached to an aromatic ring is 1. The normalized spacial score (nSPS) is 20.0. The van der Waals surface area contributed by atoms with Gasteiger partial charge in [-0.3, -0.25) is 0 Å². The molecule has 1 aromatic carbocycles. The quantitative estimate of drug-likeness (QED) is 0.677. The molecule has 3 aliphatic rings. The van der Waals surface area contributed by atoms with Crippen LogP contribution in [0.25, 0.3) is 6.08 Å². The molecule has 122 valence electrons. The van der Waals surface area contributed by atoms with Crippen molar-refractivity contribution in [3.05, 3.63) is 74.8 Å². The van der Waals surface area contributed by atoms with Crippen molar-refractivity contribution in [2.24, 2.45) is 0 Å². The number of allylic oxidation sites excluding steroid dienone is 7. The second-order valence-corrected chi connectivity index (χ2v) is 7.69. The van der Waals surface area contributed by atoms with E-state index in [1.165, 1.54) is 27.4 Å². The molecule has 0 saturated heterocycles. The molecule has 0 fully saturated rings. The van der Waals surface area contributed by atoms with Crippen molar-refractivity contribution >= 4 is 23.5 Å². The number of hydrogen-bond acceptors (Lipinski definition) is 3. The smallest absolute Gasteiger partial charge is 0.136 e. The Bertz CT molecular complexity index is 839. The summed E-state index contributed by atoms with van der Waals surface area (Å²) in [5.41, 5.74) is 10.4. The van der Waals surface area contributed by atoms with Crippen molar-refractivity contribution in [1.29, 1.82) is 0 Å². The monoisotopic (exact) mass is 335 g/mol. The van der Waals surface area contributed by atoms with Gasteiger partial charge in [0.05, 0.1) is 0 Å². The van der Waals surface area contributed by atoms with Gasteiger partial charge in [-0.05, 0) is 72.9 Å². The Hall–Kier alpha value is -2.13. The Kier molecular flexibility index (Phi) is 4.11. The summed E-state index contributed by atoms with van der Waals surface area (Å²) in [5, 5.41) is 0. The molecule has 1 aliphatic carbocycles. The number of ether oxygens (including phenoxy) is 1. The van der Waals surface area contributed by atoms with E-state index in [9.17, 15) is 0 Å². The van der Waals surface area contributed by atoms with E-state index in [1.54, 1.807) is 0 Å². The summed E-state index contributed by atoms with van der Waals surface area (Å²) in [6.45, 7) is 2.17. The minimum atomic E-state index is 0.741. The summed E-state index contributed by atoms with van der Waals surface area (Å²) in [6.07, 6.45) is 15.6. The molecule has 4 rings (SSSR count). The molecule has 0 unspecified atom stereocenters. The first kappa shape index (κ1) is 15.4. The highest BCUT2D eigenvalue weighted by atomic mass is 32.2. The van der Waals surface area contributed by atoms with Crippen LogP contribution in [0.2, 0.25) is 0 Å². The molecule has 24 heavy (non-hydrogen) atoms. The summed E-state index contributed by atoms with van der Waals surface area (Å²) >= 11 is 1.84. The molecule has 0 spiro atoms. The number of nitrogens with two attached hydrogens (primary N) is 1. The first-order valence-corrected chi connectivity index (χ1v) is 9.25. The summed E-state index contributed by atoms with van der Waals surface area (Å²) in [7, 11) is 0. The van der Waals surface area contributed by atoms with Gasteiger partial charge < -0.3 is 10.5 Å². The molecular weight excluding hydrogens is 314 g/mol. The number of rotatable bonds is 2. The summed E-state index contributed by atoms with van der Waals surface area (Å²) in [4.78, 5) is 2.69. The molecule has 2 aliphatic heterocycles. The lowest BCUT2D eigenvalue weighted by Crippen LogP contribution is -2.12. The Morgan fingerprint density at radius 1 is 1.17 bits per heavy atom. The predicted octanol–water partition coefficient (Wildman–Crippen LogP) is 5.96. The number of benzene rings is 1. The Morgan fingerprint density at radius 2 is 2.08 bits per heavy atom. The highest BCUT2D eigenvalue weighted by Gasteiger charge is 2.23. The van der Waals surface area contributed by atoms with E-state index in [1.807, 2.05) is 30.0 Å². The number of anilines is 1. The van der Waals surface area contributed by atoms with Crippen LogP contribution in [0.1, 0.15) is 38.2 Å². The lowest BCUT2D eigenvalue weighted by atomic mass is 9.90. The van der Waals surface area contributed by atoms with Crippen molar-refractivity contribution < 1.29 is 4.74 Å². The highest BCUT2D eigenvalue weighted by Crippen LogP contribution is 2.40. The van der Waals surface area contributed by atoms with E-state index in [4.69, 9.17) is 10.5 Å². The van der Waals surface area contributed by atoms with Gasteiger partial charge in [0.2, 0.25) is 0 Å². The molecule has 0 aromatic heterocycles. The molecule has 2 N–H and O–H groups in total. The minimum Gasteiger partial charge on any atom is -0.456 e. The van der Waals surface area contributed by atoms with Gasteiger partial charge in [0, 0.05) is 22.2 Å². The van der Waals surface area contributed by atoms with Crippen molar-refractivity contribution in [1.82, 2.24) is 0 Å². The van der Waals surface area contributed by atoms with E-state index >= 15 is 0 Å². The molecule has 2 heterocycles. The van der Waals surface area contributed by atoms with Gasteiger partial charge in [-0.15, -0.1) is 0 Å². The maximum Gasteiger partial charge on any atom is 0.136 e. The molecule has 3 heteroatoms. The Morgan fingerprint density at radius 3 is 2.96 bits per heavy atom. The van der Waals surface area contributed by atoms with Crippen LogP contribution in [0.3, 0.4) is 0 Å². The topological polar surface area (TPSA) is 35.2 Å². The van der Waals surface area contributed by atoms with Crippen LogP contribution in [-0.2, 0) is 0 Å². The number of fused-ring (bicyclic) bond motifs is 2. The van der Waals surface area contributed by atoms with Crippen LogP contribution in [0, 0.1) is 0 Å². The van der Waals surface area contributed by atoms with Crippen molar-refractivity contribution in [3.63, 3.8) is 0 Å². The maximum atomic E-state index is 6.23. The zero-order valence-corrected chi connectivity index (χ0v) is 14.7. The van der Waals surface area contributed by atoms with E-state index in [-0.39, 0.29) is 0 Å². The van der Waals surface area contributed by atoms with Crippen molar-refractivity contribution in [2.45, 2.75) is 32.6 Å². The molecule has 2 nitrogen and oxygen atoms in total. The number of thioether (sulfide) groups is 1. The van der Waals surface area contributed by atoms with Crippen molar-refractivity contribution in [2.75, 3.05) is 5.73 Å². The van der Waals surface area contributed by atoms with Crippen LogP contribution in [0.15, 0.2) is 69.2 Å². The average molecular weight is 335 g/mol. The zero-order chi connectivity index (χ0) is 16.5. The highest BCUT2D eigenvalue weighted by molar-refractivity contribution is 8.06. The molecule has 1 aromatic rings. The summed E-state index contributed by atoms with van der Waals surface area (Å²) in [6, 6.07) is 5.89. The van der Waals surface area contributed by atoms with Crippen LogP contribution >= 0.6 is 11.8 Å². The van der Waals surface area contributed by atoms with E-state index in [2.05, 4.69) is 37.3 Å². The first-order valence-electron chi connectivity index (χ1n) is 8.43. The van der Waals surface area contributed by atoms with E-state index < -0.39 is 0 Å². The fourth-order valence-corrected chi connectivity index (χ4v) is 4.15. The third kappa shape index (κ3) is 3.09. The standard InChI is InChI=1S/C21H21NOS/c1-14-4-2-7-19(24-14)11-9-15-5-3-6-17-12-16-8-10-18(22)13-20(16)23-21(15)17/h4,7-13H,2-3,5-6,22H2,1H3. The molecule has 0 bridgehead atoms. The zero-order valence-electron chi connectivity index (χ0n) is 13.8. The van der Waals surface area contributed by atoms with Gasteiger partial charge in [-0.2, -0.15) is 0 Å². The van der Waals surface area contributed by atoms with Gasteiger partial charge in [0.25, 0.3) is 0 Å². The third-order valence-electron chi connectivity index (χ3n) is 4.51. The molecule has 0 saturated carbocycles. The second-order valence-electron chi connectivity index (χ2n) is 6.37. The van der Waals surface area contributed by atoms with Crippen LogP contribution < -0.4 is 10.5 Å². The number of hydrogen-bond donors (Lipinski definition) is 1. The van der Waals surface area contributed by atoms with Crippen molar-refractivity contribution in [3.8, 4) is 5.75 Å². The molecule has 0 amide bonds. The largest absolute Gasteiger partial charge is 0.456 e. The van der Waals surface area contributed by atoms with Crippen LogP contribution in [0.4, 0.5) is 5.69 Å². The Labute approximate surface area is 147 Å². The summed E-state index contributed by atoms with van der Waals surface area (Å²) < 4.78 is 6.23. The molecule has 0 atom stereocenters. The van der Waals surface area contributed by atoms with Gasteiger partial charge in [0.1, 0.15) is 11.5 Å². The van der Waals surface area contributed by atoms with Gasteiger partial charge in [-0.25, -0.2) is 0 Å². The molecule has 0 radical (unpaired) electrons. The summed E-state index contributed by atoms with van der Waals surface area (Å²) in [5.74, 6) is 1.90. The lowest BCUT2D eigenvalue weighted by Gasteiger charge is -2.26. The average Bonchev–Trinajstić information content (AvgIpc) is 2.58.